The summed E-state index contributed by atoms with van der Waals surface area (Å²) in [5.41, 5.74) is 0.991. The lowest BCUT2D eigenvalue weighted by atomic mass is 10.1. The molecule has 2 heterocycles. The zero-order valence-corrected chi connectivity index (χ0v) is 11.0. The van der Waals surface area contributed by atoms with Crippen molar-refractivity contribution in [2.24, 2.45) is 0 Å². The summed E-state index contributed by atoms with van der Waals surface area (Å²) in [7, 11) is -3.35. The predicted octanol–water partition coefficient (Wildman–Crippen LogP) is 0.349. The SMILES string of the molecule is CS(=O)(=O)Nc1ccc2c(c1)N1C(=O)NCC1CO2. The highest BCUT2D eigenvalue weighted by Gasteiger charge is 2.37. The Morgan fingerprint density at radius 2 is 2.26 bits per heavy atom. The largest absolute Gasteiger partial charge is 0.489 e. The van der Waals surface area contributed by atoms with Crippen LogP contribution in [0.25, 0.3) is 0 Å². The average molecular weight is 283 g/mol. The van der Waals surface area contributed by atoms with Crippen LogP contribution in [0.1, 0.15) is 0 Å². The lowest BCUT2D eigenvalue weighted by molar-refractivity contribution is 0.246. The summed E-state index contributed by atoms with van der Waals surface area (Å²) in [6, 6.07) is 4.63. The van der Waals surface area contributed by atoms with Gasteiger partial charge in [0, 0.05) is 6.54 Å². The highest BCUT2D eigenvalue weighted by atomic mass is 32.2. The van der Waals surface area contributed by atoms with Crippen molar-refractivity contribution in [3.8, 4) is 5.75 Å². The minimum Gasteiger partial charge on any atom is -0.489 e. The number of carbonyl (C=O) groups is 1. The van der Waals surface area contributed by atoms with E-state index in [1.807, 2.05) is 0 Å². The molecule has 0 aromatic heterocycles. The molecule has 0 spiro atoms. The third-order valence-corrected chi connectivity index (χ3v) is 3.63. The number of ether oxygens (including phenoxy) is 1. The second-order valence-corrected chi connectivity index (χ2v) is 6.33. The van der Waals surface area contributed by atoms with E-state index in [0.29, 0.717) is 30.3 Å². The van der Waals surface area contributed by atoms with Crippen LogP contribution in [0.5, 0.6) is 5.75 Å². The Labute approximate surface area is 110 Å². The molecule has 3 rings (SSSR count). The van der Waals surface area contributed by atoms with Crippen molar-refractivity contribution >= 4 is 27.4 Å². The van der Waals surface area contributed by atoms with Crippen molar-refractivity contribution in [3.63, 3.8) is 0 Å². The molecule has 2 N–H and O–H groups in total. The molecule has 0 radical (unpaired) electrons. The first kappa shape index (κ1) is 12.1. The molecule has 1 atom stereocenters. The van der Waals surface area contributed by atoms with E-state index in [0.717, 1.165) is 6.26 Å². The summed E-state index contributed by atoms with van der Waals surface area (Å²) in [5.74, 6) is 0.576. The first-order valence-corrected chi connectivity index (χ1v) is 7.65. The molecule has 0 saturated carbocycles. The molecule has 2 aliphatic heterocycles. The minimum atomic E-state index is -3.35. The Morgan fingerprint density at radius 1 is 1.47 bits per heavy atom. The van der Waals surface area contributed by atoms with E-state index >= 15 is 0 Å². The molecule has 8 heteroatoms. The minimum absolute atomic E-state index is 0.0477. The number of benzene rings is 1. The van der Waals surface area contributed by atoms with E-state index in [9.17, 15) is 13.2 Å². The number of nitrogens with one attached hydrogen (secondary N) is 2. The molecule has 1 aromatic rings. The maximum absolute atomic E-state index is 11.8. The van der Waals surface area contributed by atoms with Gasteiger partial charge in [0.05, 0.1) is 23.7 Å². The summed E-state index contributed by atoms with van der Waals surface area (Å²) in [5, 5.41) is 2.74. The van der Waals surface area contributed by atoms with Crippen molar-refractivity contribution < 1.29 is 17.9 Å². The number of amides is 2. The van der Waals surface area contributed by atoms with Gasteiger partial charge in [-0.25, -0.2) is 13.2 Å². The summed E-state index contributed by atoms with van der Waals surface area (Å²) in [6.07, 6.45) is 1.08. The van der Waals surface area contributed by atoms with Crippen LogP contribution in [0.4, 0.5) is 16.2 Å². The van der Waals surface area contributed by atoms with Gasteiger partial charge in [-0.05, 0) is 18.2 Å². The van der Waals surface area contributed by atoms with Crippen LogP contribution in [0.2, 0.25) is 0 Å². The zero-order valence-electron chi connectivity index (χ0n) is 10.2. The second-order valence-electron chi connectivity index (χ2n) is 4.58. The van der Waals surface area contributed by atoms with Crippen molar-refractivity contribution in [2.75, 3.05) is 29.0 Å². The quantitative estimate of drug-likeness (QED) is 0.819. The molecule has 2 amide bonds. The van der Waals surface area contributed by atoms with Crippen LogP contribution < -0.4 is 19.7 Å². The van der Waals surface area contributed by atoms with Crippen molar-refractivity contribution in [3.05, 3.63) is 18.2 Å². The fourth-order valence-electron chi connectivity index (χ4n) is 2.28. The molecule has 0 bridgehead atoms. The summed E-state index contributed by atoms with van der Waals surface area (Å²) in [6.45, 7) is 0.965. The van der Waals surface area contributed by atoms with Gasteiger partial charge in [0.25, 0.3) is 0 Å². The van der Waals surface area contributed by atoms with Crippen molar-refractivity contribution in [2.45, 2.75) is 6.04 Å². The fraction of sp³-hybridized carbons (Fsp3) is 0.364. The van der Waals surface area contributed by atoms with Crippen LogP contribution in [0.15, 0.2) is 18.2 Å². The number of hydrogen-bond donors (Lipinski definition) is 2. The smallest absolute Gasteiger partial charge is 0.322 e. The standard InChI is InChI=1S/C11H13N3O4S/c1-19(16,17)13-7-2-3-10-9(4-7)14-8(6-18-10)5-12-11(14)15/h2-4,8,13H,5-6H2,1H3,(H,12,15). The first-order chi connectivity index (χ1) is 8.94. The molecule has 102 valence electrons. The van der Waals surface area contributed by atoms with E-state index in [2.05, 4.69) is 10.0 Å². The molecule has 1 aromatic carbocycles. The van der Waals surface area contributed by atoms with Gasteiger partial charge in [0.2, 0.25) is 10.0 Å². The molecule has 19 heavy (non-hydrogen) atoms. The van der Waals surface area contributed by atoms with Crippen LogP contribution in [0, 0.1) is 0 Å². The summed E-state index contributed by atoms with van der Waals surface area (Å²) >= 11 is 0. The van der Waals surface area contributed by atoms with E-state index in [4.69, 9.17) is 4.74 Å². The Bertz CT molecular complexity index is 643. The van der Waals surface area contributed by atoms with Gasteiger partial charge in [-0.15, -0.1) is 0 Å². The zero-order chi connectivity index (χ0) is 13.6. The summed E-state index contributed by atoms with van der Waals surface area (Å²) in [4.78, 5) is 13.4. The van der Waals surface area contributed by atoms with Gasteiger partial charge in [-0.2, -0.15) is 0 Å². The van der Waals surface area contributed by atoms with E-state index in [-0.39, 0.29) is 12.1 Å². The molecule has 1 saturated heterocycles. The Kier molecular flexibility index (Phi) is 2.56. The molecular weight excluding hydrogens is 270 g/mol. The van der Waals surface area contributed by atoms with E-state index in [1.165, 1.54) is 0 Å². The molecular formula is C11H13N3O4S. The molecule has 1 unspecified atom stereocenters. The topological polar surface area (TPSA) is 87.7 Å². The molecule has 2 aliphatic rings. The molecule has 1 fully saturated rings. The predicted molar refractivity (Wildman–Crippen MR) is 70.1 cm³/mol. The van der Waals surface area contributed by atoms with Crippen LogP contribution in [-0.4, -0.2) is 39.9 Å². The Hall–Kier alpha value is -1.96. The van der Waals surface area contributed by atoms with Gasteiger partial charge in [0.1, 0.15) is 12.4 Å². The number of hydrogen-bond acceptors (Lipinski definition) is 4. The number of nitrogens with zero attached hydrogens (tertiary/aromatic N) is 1. The number of carbonyl (C=O) groups excluding carboxylic acids is 1. The fourth-order valence-corrected chi connectivity index (χ4v) is 2.83. The number of urea groups is 1. The highest BCUT2D eigenvalue weighted by molar-refractivity contribution is 7.92. The van der Waals surface area contributed by atoms with Crippen LogP contribution in [-0.2, 0) is 10.0 Å². The molecule has 7 nitrogen and oxygen atoms in total. The highest BCUT2D eigenvalue weighted by Crippen LogP contribution is 2.37. The second kappa shape index (κ2) is 4.02. The lowest BCUT2D eigenvalue weighted by Gasteiger charge is -2.30. The Morgan fingerprint density at radius 3 is 3.00 bits per heavy atom. The van der Waals surface area contributed by atoms with Gasteiger partial charge in [0.15, 0.2) is 0 Å². The number of fused-ring (bicyclic) bond motifs is 3. The van der Waals surface area contributed by atoms with Gasteiger partial charge < -0.3 is 10.1 Å². The number of rotatable bonds is 2. The third kappa shape index (κ3) is 2.19. The van der Waals surface area contributed by atoms with Crippen LogP contribution >= 0.6 is 0 Å². The molecule has 0 aliphatic carbocycles. The van der Waals surface area contributed by atoms with Gasteiger partial charge in [-0.1, -0.05) is 0 Å². The number of sulfonamides is 1. The van der Waals surface area contributed by atoms with E-state index < -0.39 is 10.0 Å². The normalized spacial score (nSPS) is 21.2. The lowest BCUT2D eigenvalue weighted by Crippen LogP contribution is -2.41. The maximum atomic E-state index is 11.8. The van der Waals surface area contributed by atoms with Crippen molar-refractivity contribution in [1.82, 2.24) is 5.32 Å². The maximum Gasteiger partial charge on any atom is 0.322 e. The Balaban J connectivity index is 2.01. The monoisotopic (exact) mass is 283 g/mol. The van der Waals surface area contributed by atoms with E-state index in [1.54, 1.807) is 23.1 Å². The van der Waals surface area contributed by atoms with Crippen molar-refractivity contribution in [1.29, 1.82) is 0 Å². The number of anilines is 2. The first-order valence-electron chi connectivity index (χ1n) is 5.76. The van der Waals surface area contributed by atoms with Crippen LogP contribution in [0.3, 0.4) is 0 Å². The third-order valence-electron chi connectivity index (χ3n) is 3.03. The van der Waals surface area contributed by atoms with Gasteiger partial charge >= 0.3 is 6.03 Å². The summed E-state index contributed by atoms with van der Waals surface area (Å²) < 4.78 is 30.4. The average Bonchev–Trinajstić information content (AvgIpc) is 2.69. The van der Waals surface area contributed by atoms with Gasteiger partial charge in [-0.3, -0.25) is 9.62 Å².